The van der Waals surface area contributed by atoms with Crippen LogP contribution in [0.15, 0.2) is 24.4 Å². The Labute approximate surface area is 143 Å². The molecular formula is C18H27N5O. The molecule has 0 N–H and O–H groups in total. The predicted molar refractivity (Wildman–Crippen MR) is 93.9 cm³/mol. The van der Waals surface area contributed by atoms with Crippen molar-refractivity contribution in [3.05, 3.63) is 30.2 Å². The summed E-state index contributed by atoms with van der Waals surface area (Å²) in [6.07, 6.45) is 4.06. The Morgan fingerprint density at radius 2 is 2.08 bits per heavy atom. The van der Waals surface area contributed by atoms with Crippen LogP contribution in [0.4, 0.5) is 0 Å². The number of likely N-dealkylation sites (N-methyl/N-ethyl adjacent to an activating group) is 1. The Kier molecular flexibility index (Phi) is 4.85. The van der Waals surface area contributed by atoms with Gasteiger partial charge in [-0.25, -0.2) is 0 Å². The molecule has 1 saturated heterocycles. The van der Waals surface area contributed by atoms with Gasteiger partial charge < -0.3 is 4.90 Å². The summed E-state index contributed by atoms with van der Waals surface area (Å²) in [5, 5.41) is 8.65. The minimum Gasteiger partial charge on any atom is -0.341 e. The lowest BCUT2D eigenvalue weighted by atomic mass is 9.94. The Bertz CT molecular complexity index is 700. The van der Waals surface area contributed by atoms with Crippen molar-refractivity contribution < 1.29 is 4.79 Å². The van der Waals surface area contributed by atoms with Crippen molar-refractivity contribution in [3.63, 3.8) is 0 Å². The highest BCUT2D eigenvalue weighted by molar-refractivity contribution is 5.82. The summed E-state index contributed by atoms with van der Waals surface area (Å²) in [6, 6.07) is 5.85. The molecule has 0 aromatic carbocycles. The van der Waals surface area contributed by atoms with Crippen LogP contribution in [-0.2, 0) is 4.79 Å². The van der Waals surface area contributed by atoms with Crippen molar-refractivity contribution in [1.82, 2.24) is 24.4 Å². The minimum absolute atomic E-state index is 0.0705. The van der Waals surface area contributed by atoms with Gasteiger partial charge in [0.1, 0.15) is 5.82 Å². The normalized spacial score (nSPS) is 20.1. The van der Waals surface area contributed by atoms with E-state index in [0.717, 1.165) is 37.4 Å². The van der Waals surface area contributed by atoms with Crippen molar-refractivity contribution >= 4 is 11.6 Å². The van der Waals surface area contributed by atoms with Gasteiger partial charge >= 0.3 is 0 Å². The Balaban J connectivity index is 1.80. The topological polar surface area (TPSA) is 53.7 Å². The monoisotopic (exact) mass is 329 g/mol. The van der Waals surface area contributed by atoms with Crippen molar-refractivity contribution in [1.29, 1.82) is 0 Å². The molecule has 1 unspecified atom stereocenters. The quantitative estimate of drug-likeness (QED) is 0.861. The van der Waals surface area contributed by atoms with Crippen LogP contribution in [0.5, 0.6) is 0 Å². The summed E-state index contributed by atoms with van der Waals surface area (Å²) < 4.78 is 2.05. The Hall–Kier alpha value is -1.95. The molecule has 2 atom stereocenters. The number of hydrogen-bond acceptors (Lipinski definition) is 4. The molecule has 6 nitrogen and oxygen atoms in total. The van der Waals surface area contributed by atoms with Gasteiger partial charge in [0, 0.05) is 25.2 Å². The number of pyridine rings is 1. The fraction of sp³-hybridized carbons (Fsp3) is 0.611. The van der Waals surface area contributed by atoms with Gasteiger partial charge in [-0.15, -0.1) is 10.2 Å². The third-order valence-electron chi connectivity index (χ3n) is 4.88. The molecule has 1 amide bonds. The fourth-order valence-electron chi connectivity index (χ4n) is 3.82. The van der Waals surface area contributed by atoms with Gasteiger partial charge in [-0.3, -0.25) is 14.1 Å². The third kappa shape index (κ3) is 3.15. The van der Waals surface area contributed by atoms with E-state index >= 15 is 0 Å². The number of amides is 1. The second-order valence-electron chi connectivity index (χ2n) is 7.26. The molecule has 1 fully saturated rings. The van der Waals surface area contributed by atoms with E-state index < -0.39 is 0 Å². The number of carbonyl (C=O) groups is 1. The first-order chi connectivity index (χ1) is 11.5. The average Bonchev–Trinajstić information content (AvgIpc) is 2.98. The van der Waals surface area contributed by atoms with E-state index in [0.29, 0.717) is 5.92 Å². The van der Waals surface area contributed by atoms with E-state index in [-0.39, 0.29) is 17.9 Å². The molecule has 130 valence electrons. The zero-order chi connectivity index (χ0) is 17.3. The first-order valence-corrected chi connectivity index (χ1v) is 8.74. The van der Waals surface area contributed by atoms with Crippen LogP contribution in [0.1, 0.15) is 38.4 Å². The SMILES string of the molecule is CC(C)[C@@H](C(=O)N1CCCC(c2nnc3ccccn23)C1)N(C)C. The van der Waals surface area contributed by atoms with Crippen LogP contribution >= 0.6 is 0 Å². The summed E-state index contributed by atoms with van der Waals surface area (Å²) in [5.41, 5.74) is 0.865. The molecule has 0 bridgehead atoms. The van der Waals surface area contributed by atoms with Crippen LogP contribution in [0, 0.1) is 5.92 Å². The third-order valence-corrected chi connectivity index (χ3v) is 4.88. The number of aromatic nitrogens is 3. The van der Waals surface area contributed by atoms with E-state index in [4.69, 9.17) is 0 Å². The molecule has 3 rings (SSSR count). The van der Waals surface area contributed by atoms with Gasteiger partial charge in [-0.1, -0.05) is 19.9 Å². The standard InChI is InChI=1S/C18H27N5O/c1-13(2)16(21(3)4)18(24)22-10-7-8-14(12-22)17-20-19-15-9-5-6-11-23(15)17/h5-6,9,11,13-14,16H,7-8,10,12H2,1-4H3/t14?,16-/m0/s1. The van der Waals surface area contributed by atoms with Crippen molar-refractivity contribution in [3.8, 4) is 0 Å². The lowest BCUT2D eigenvalue weighted by molar-refractivity contribution is -0.138. The first-order valence-electron chi connectivity index (χ1n) is 8.74. The number of hydrogen-bond donors (Lipinski definition) is 0. The maximum atomic E-state index is 13.0. The van der Waals surface area contributed by atoms with Gasteiger partial charge in [-0.05, 0) is 45.0 Å². The summed E-state index contributed by atoms with van der Waals surface area (Å²) in [5.74, 6) is 1.74. The number of fused-ring (bicyclic) bond motifs is 1. The average molecular weight is 329 g/mol. The lowest BCUT2D eigenvalue weighted by Gasteiger charge is -2.37. The molecular weight excluding hydrogens is 302 g/mol. The Morgan fingerprint density at radius 3 is 2.79 bits per heavy atom. The predicted octanol–water partition coefficient (Wildman–Crippen LogP) is 2.02. The van der Waals surface area contributed by atoms with Gasteiger partial charge in [0.05, 0.1) is 6.04 Å². The summed E-state index contributed by atoms with van der Waals surface area (Å²) in [6.45, 7) is 5.78. The molecule has 6 heteroatoms. The van der Waals surface area contributed by atoms with E-state index in [9.17, 15) is 4.79 Å². The lowest BCUT2D eigenvalue weighted by Crippen LogP contribution is -2.51. The first kappa shape index (κ1) is 16.9. The number of carbonyl (C=O) groups excluding carboxylic acids is 1. The van der Waals surface area contributed by atoms with Crippen molar-refractivity contribution in [2.24, 2.45) is 5.92 Å². The molecule has 1 aliphatic rings. The molecule has 0 radical (unpaired) electrons. The number of piperidine rings is 1. The van der Waals surface area contributed by atoms with Gasteiger partial charge in [-0.2, -0.15) is 0 Å². The van der Waals surface area contributed by atoms with E-state index in [2.05, 4.69) is 24.0 Å². The largest absolute Gasteiger partial charge is 0.341 e. The van der Waals surface area contributed by atoms with Gasteiger partial charge in [0.25, 0.3) is 0 Å². The zero-order valence-electron chi connectivity index (χ0n) is 15.0. The number of likely N-dealkylation sites (tertiary alicyclic amines) is 1. The highest BCUT2D eigenvalue weighted by Crippen LogP contribution is 2.27. The second kappa shape index (κ2) is 6.89. The van der Waals surface area contributed by atoms with E-state index in [1.807, 2.05) is 52.7 Å². The smallest absolute Gasteiger partial charge is 0.240 e. The maximum absolute atomic E-state index is 13.0. The van der Waals surface area contributed by atoms with E-state index in [1.165, 1.54) is 0 Å². The zero-order valence-corrected chi connectivity index (χ0v) is 15.0. The summed E-state index contributed by atoms with van der Waals surface area (Å²) >= 11 is 0. The molecule has 1 aliphatic heterocycles. The Morgan fingerprint density at radius 1 is 1.29 bits per heavy atom. The van der Waals surface area contributed by atoms with Crippen LogP contribution in [-0.4, -0.2) is 63.5 Å². The van der Waals surface area contributed by atoms with Gasteiger partial charge in [0.15, 0.2) is 5.65 Å². The van der Waals surface area contributed by atoms with Gasteiger partial charge in [0.2, 0.25) is 5.91 Å². The van der Waals surface area contributed by atoms with Crippen molar-refractivity contribution in [2.75, 3.05) is 27.2 Å². The summed E-state index contributed by atoms with van der Waals surface area (Å²) in [4.78, 5) is 17.0. The van der Waals surface area contributed by atoms with Crippen LogP contribution in [0.3, 0.4) is 0 Å². The molecule has 3 heterocycles. The number of rotatable bonds is 4. The molecule has 2 aromatic rings. The molecule has 0 saturated carbocycles. The maximum Gasteiger partial charge on any atom is 0.240 e. The van der Waals surface area contributed by atoms with Crippen LogP contribution in [0.2, 0.25) is 0 Å². The van der Waals surface area contributed by atoms with Crippen LogP contribution in [0.25, 0.3) is 5.65 Å². The summed E-state index contributed by atoms with van der Waals surface area (Å²) in [7, 11) is 3.96. The molecule has 24 heavy (non-hydrogen) atoms. The van der Waals surface area contributed by atoms with E-state index in [1.54, 1.807) is 0 Å². The van der Waals surface area contributed by atoms with Crippen LogP contribution < -0.4 is 0 Å². The molecule has 2 aromatic heterocycles. The second-order valence-corrected chi connectivity index (χ2v) is 7.26. The highest BCUT2D eigenvalue weighted by atomic mass is 16.2. The number of nitrogens with zero attached hydrogens (tertiary/aromatic N) is 5. The molecule has 0 spiro atoms. The molecule has 0 aliphatic carbocycles. The van der Waals surface area contributed by atoms with Crippen molar-refractivity contribution in [2.45, 2.75) is 38.6 Å². The highest BCUT2D eigenvalue weighted by Gasteiger charge is 2.33. The fourth-order valence-corrected chi connectivity index (χ4v) is 3.82. The minimum atomic E-state index is -0.0705.